The molecule has 3 rings (SSSR count). The first-order valence-electron chi connectivity index (χ1n) is 11.0. The van der Waals surface area contributed by atoms with Crippen molar-refractivity contribution < 1.29 is 23.9 Å². The van der Waals surface area contributed by atoms with Crippen molar-refractivity contribution in [3.8, 4) is 16.2 Å². The number of hydrogen-bond donors (Lipinski definition) is 3. The molecule has 0 spiro atoms. The van der Waals surface area contributed by atoms with E-state index in [1.165, 1.54) is 11.3 Å². The average Bonchev–Trinajstić information content (AvgIpc) is 3.22. The Morgan fingerprint density at radius 1 is 0.973 bits per heavy atom. The van der Waals surface area contributed by atoms with E-state index in [-0.39, 0.29) is 12.2 Å². The zero-order valence-corrected chi connectivity index (χ0v) is 22.9. The molecule has 0 fully saturated rings. The van der Waals surface area contributed by atoms with E-state index in [0.29, 0.717) is 42.2 Å². The van der Waals surface area contributed by atoms with Crippen LogP contribution >= 0.6 is 34.5 Å². The van der Waals surface area contributed by atoms with Crippen molar-refractivity contribution in [2.45, 2.75) is 32.8 Å². The van der Waals surface area contributed by atoms with Crippen molar-refractivity contribution in [1.82, 2.24) is 10.6 Å². The topological polar surface area (TPSA) is 118 Å². The molecule has 0 bridgehead atoms. The molecule has 37 heavy (non-hydrogen) atoms. The van der Waals surface area contributed by atoms with Crippen LogP contribution < -0.4 is 15.4 Å². The first kappa shape index (κ1) is 28.2. The number of thiophene rings is 1. The smallest absolute Gasteiger partial charge is 0.414 e. The van der Waals surface area contributed by atoms with E-state index < -0.39 is 23.6 Å². The maximum Gasteiger partial charge on any atom is 0.414 e. The van der Waals surface area contributed by atoms with E-state index >= 15 is 0 Å². The summed E-state index contributed by atoms with van der Waals surface area (Å²) < 4.78 is 10.2. The van der Waals surface area contributed by atoms with Gasteiger partial charge in [-0.25, -0.2) is 4.79 Å². The van der Waals surface area contributed by atoms with Gasteiger partial charge in [0.05, 0.1) is 28.5 Å². The Kier molecular flexibility index (Phi) is 8.96. The molecule has 0 saturated heterocycles. The summed E-state index contributed by atoms with van der Waals surface area (Å²) in [5, 5.41) is 13.1. The summed E-state index contributed by atoms with van der Waals surface area (Å²) in [6, 6.07) is 13.4. The van der Waals surface area contributed by atoms with Gasteiger partial charge in [0.25, 0.3) is 0 Å². The molecule has 0 unspecified atom stereocenters. The summed E-state index contributed by atoms with van der Waals surface area (Å²) in [5.41, 5.74) is 0.926. The predicted octanol–water partition coefficient (Wildman–Crippen LogP) is 6.08. The third kappa shape index (κ3) is 7.79. The summed E-state index contributed by atoms with van der Waals surface area (Å²) in [7, 11) is 1.54. The summed E-state index contributed by atoms with van der Waals surface area (Å²) in [4.78, 5) is 38.8. The number of halogens is 2. The number of amides is 2. The summed E-state index contributed by atoms with van der Waals surface area (Å²) in [6.07, 6.45) is -1.03. The normalized spacial score (nSPS) is 11.0. The van der Waals surface area contributed by atoms with Gasteiger partial charge in [0.2, 0.25) is 17.6 Å². The second-order valence-corrected chi connectivity index (χ2v) is 10.7. The highest BCUT2D eigenvalue weighted by Crippen LogP contribution is 2.37. The van der Waals surface area contributed by atoms with Gasteiger partial charge in [-0.05, 0) is 74.4 Å². The molecule has 0 saturated carbocycles. The molecule has 3 aromatic rings. The molecule has 0 aliphatic carbocycles. The highest BCUT2D eigenvalue weighted by Gasteiger charge is 2.21. The van der Waals surface area contributed by atoms with Crippen LogP contribution in [0, 0.1) is 5.41 Å². The first-order chi connectivity index (χ1) is 17.4. The molecule has 1 aromatic heterocycles. The van der Waals surface area contributed by atoms with Gasteiger partial charge in [-0.3, -0.25) is 25.6 Å². The number of ketones is 1. The number of methoxy groups -OCH3 is 1. The maximum absolute atomic E-state index is 13.2. The van der Waals surface area contributed by atoms with Crippen LogP contribution in [0.2, 0.25) is 10.0 Å². The number of benzene rings is 2. The maximum atomic E-state index is 13.2. The molecule has 0 aliphatic heterocycles. The number of alkyl carbamates (subject to hydrolysis) is 1. The standard InChI is InChI=1S/C26H25Cl2N3O5S/c1-26(2,3)36-25(34)31-24(29)30-21(32)13-16-12-20(22(33)14-5-8-17(35-4)9-6-14)37-23(16)15-7-10-18(27)19(28)11-15/h5-12H,13H2,1-4H3,(H3,29,30,31,32,34). The van der Waals surface area contributed by atoms with Crippen LogP contribution in [0.1, 0.15) is 41.6 Å². The van der Waals surface area contributed by atoms with Gasteiger partial charge in [0.1, 0.15) is 11.4 Å². The van der Waals surface area contributed by atoms with E-state index in [9.17, 15) is 14.4 Å². The number of guanidine groups is 1. The van der Waals surface area contributed by atoms with Crippen LogP contribution in [0.5, 0.6) is 5.75 Å². The fraction of sp³-hybridized carbons (Fsp3) is 0.231. The number of nitrogens with one attached hydrogen (secondary N) is 3. The van der Waals surface area contributed by atoms with Gasteiger partial charge >= 0.3 is 6.09 Å². The Labute approximate surface area is 228 Å². The van der Waals surface area contributed by atoms with Crippen molar-refractivity contribution in [2.24, 2.45) is 0 Å². The van der Waals surface area contributed by atoms with Crippen LogP contribution in [0.15, 0.2) is 48.5 Å². The molecule has 3 N–H and O–H groups in total. The Hall–Kier alpha value is -3.40. The van der Waals surface area contributed by atoms with Crippen LogP contribution in [-0.4, -0.2) is 36.5 Å². The number of rotatable bonds is 6. The quantitative estimate of drug-likeness (QED) is 0.191. The fourth-order valence-electron chi connectivity index (χ4n) is 3.23. The highest BCUT2D eigenvalue weighted by molar-refractivity contribution is 7.17. The summed E-state index contributed by atoms with van der Waals surface area (Å²) in [6.45, 7) is 5.04. The van der Waals surface area contributed by atoms with Crippen LogP contribution in [-0.2, 0) is 16.0 Å². The summed E-state index contributed by atoms with van der Waals surface area (Å²) in [5.74, 6) is -0.692. The number of carbonyl (C=O) groups excluding carboxylic acids is 3. The average molecular weight is 562 g/mol. The summed E-state index contributed by atoms with van der Waals surface area (Å²) >= 11 is 13.5. The SMILES string of the molecule is COc1ccc(C(=O)c2cc(CC(=O)NC(=N)NC(=O)OC(C)(C)C)c(-c3ccc(Cl)c(Cl)c3)s2)cc1. The van der Waals surface area contributed by atoms with Crippen molar-refractivity contribution in [2.75, 3.05) is 7.11 Å². The van der Waals surface area contributed by atoms with E-state index in [4.69, 9.17) is 38.1 Å². The van der Waals surface area contributed by atoms with Crippen molar-refractivity contribution in [3.05, 3.63) is 74.6 Å². The molecule has 0 aliphatic rings. The van der Waals surface area contributed by atoms with E-state index in [1.807, 2.05) is 0 Å². The molecule has 194 valence electrons. The zero-order valence-electron chi connectivity index (χ0n) is 20.5. The molecular formula is C26H25Cl2N3O5S. The third-order valence-corrected chi connectivity index (χ3v) is 6.77. The second-order valence-electron chi connectivity index (χ2n) is 8.88. The van der Waals surface area contributed by atoms with E-state index in [1.54, 1.807) is 76.4 Å². The number of carbonyl (C=O) groups is 3. The molecule has 8 nitrogen and oxygen atoms in total. The lowest BCUT2D eigenvalue weighted by Crippen LogP contribution is -2.45. The monoisotopic (exact) mass is 561 g/mol. The van der Waals surface area contributed by atoms with E-state index in [2.05, 4.69) is 10.6 Å². The van der Waals surface area contributed by atoms with E-state index in [0.717, 1.165) is 0 Å². The Bertz CT molecular complexity index is 1350. The molecule has 2 aromatic carbocycles. The fourth-order valence-corrected chi connectivity index (χ4v) is 4.67. The number of hydrogen-bond acceptors (Lipinski definition) is 7. The number of ether oxygens (including phenoxy) is 2. The van der Waals surface area contributed by atoms with Crippen molar-refractivity contribution >= 4 is 58.3 Å². The van der Waals surface area contributed by atoms with Gasteiger partial charge in [-0.2, -0.15) is 0 Å². The first-order valence-corrected chi connectivity index (χ1v) is 12.6. The zero-order chi connectivity index (χ0) is 27.3. The van der Waals surface area contributed by atoms with Gasteiger partial charge < -0.3 is 9.47 Å². The Morgan fingerprint density at radius 2 is 1.65 bits per heavy atom. The largest absolute Gasteiger partial charge is 0.497 e. The Morgan fingerprint density at radius 3 is 2.24 bits per heavy atom. The predicted molar refractivity (Wildman–Crippen MR) is 145 cm³/mol. The van der Waals surface area contributed by atoms with Crippen LogP contribution in [0.4, 0.5) is 4.79 Å². The Balaban J connectivity index is 1.85. The highest BCUT2D eigenvalue weighted by atomic mass is 35.5. The van der Waals surface area contributed by atoms with Crippen molar-refractivity contribution in [3.63, 3.8) is 0 Å². The molecule has 11 heteroatoms. The van der Waals surface area contributed by atoms with Crippen LogP contribution in [0.25, 0.3) is 10.4 Å². The molecule has 0 radical (unpaired) electrons. The molecule has 1 heterocycles. The van der Waals surface area contributed by atoms with Gasteiger partial charge in [-0.15, -0.1) is 11.3 Å². The minimum atomic E-state index is -0.864. The lowest BCUT2D eigenvalue weighted by Gasteiger charge is -2.19. The van der Waals surface area contributed by atoms with Gasteiger partial charge in [-0.1, -0.05) is 29.3 Å². The second kappa shape index (κ2) is 11.8. The lowest BCUT2D eigenvalue weighted by atomic mass is 10.0. The minimum Gasteiger partial charge on any atom is -0.497 e. The van der Waals surface area contributed by atoms with Crippen LogP contribution in [0.3, 0.4) is 0 Å². The lowest BCUT2D eigenvalue weighted by molar-refractivity contribution is -0.119. The van der Waals surface area contributed by atoms with Gasteiger partial charge in [0, 0.05) is 10.4 Å². The third-order valence-electron chi connectivity index (χ3n) is 4.81. The minimum absolute atomic E-state index is 0.166. The van der Waals surface area contributed by atoms with Gasteiger partial charge in [0.15, 0.2) is 0 Å². The molecular weight excluding hydrogens is 537 g/mol. The molecule has 0 atom stereocenters. The molecule has 2 amide bonds. The van der Waals surface area contributed by atoms with Crippen molar-refractivity contribution in [1.29, 1.82) is 5.41 Å².